The maximum atomic E-state index is 12.0. The van der Waals surface area contributed by atoms with Crippen molar-refractivity contribution in [1.29, 1.82) is 0 Å². The van der Waals surface area contributed by atoms with Crippen LogP contribution in [0.3, 0.4) is 0 Å². The van der Waals surface area contributed by atoms with Crippen LogP contribution in [0.15, 0.2) is 18.2 Å². The van der Waals surface area contributed by atoms with Crippen molar-refractivity contribution in [3.05, 3.63) is 28.8 Å². The SMILES string of the molecule is CCNC(=O)c1c(Cl)cccc1NCC(C)(C)C. The summed E-state index contributed by atoms with van der Waals surface area (Å²) in [7, 11) is 0. The summed E-state index contributed by atoms with van der Waals surface area (Å²) in [4.78, 5) is 12.0. The number of amides is 1. The van der Waals surface area contributed by atoms with Gasteiger partial charge in [-0.05, 0) is 24.5 Å². The monoisotopic (exact) mass is 268 g/mol. The fraction of sp³-hybridized carbons (Fsp3) is 0.500. The van der Waals surface area contributed by atoms with Crippen LogP contribution in [-0.2, 0) is 0 Å². The van der Waals surface area contributed by atoms with Gasteiger partial charge < -0.3 is 10.6 Å². The molecule has 0 aliphatic carbocycles. The van der Waals surface area contributed by atoms with E-state index in [-0.39, 0.29) is 11.3 Å². The number of carbonyl (C=O) groups is 1. The Morgan fingerprint density at radius 2 is 2.00 bits per heavy atom. The Bertz CT molecular complexity index is 424. The molecule has 100 valence electrons. The Morgan fingerprint density at radius 3 is 2.56 bits per heavy atom. The lowest BCUT2D eigenvalue weighted by Gasteiger charge is -2.21. The van der Waals surface area contributed by atoms with Crippen molar-refractivity contribution < 1.29 is 4.79 Å². The molecular formula is C14H21ClN2O. The van der Waals surface area contributed by atoms with Gasteiger partial charge in [-0.3, -0.25) is 4.79 Å². The highest BCUT2D eigenvalue weighted by Crippen LogP contribution is 2.25. The molecule has 0 aliphatic rings. The van der Waals surface area contributed by atoms with Crippen LogP contribution in [0.5, 0.6) is 0 Å². The molecule has 1 amide bonds. The molecule has 1 aromatic carbocycles. The number of hydrogen-bond acceptors (Lipinski definition) is 2. The summed E-state index contributed by atoms with van der Waals surface area (Å²) >= 11 is 6.11. The van der Waals surface area contributed by atoms with Crippen LogP contribution in [0.25, 0.3) is 0 Å². The zero-order valence-corrected chi connectivity index (χ0v) is 12.2. The quantitative estimate of drug-likeness (QED) is 0.877. The summed E-state index contributed by atoms with van der Waals surface area (Å²) in [5.74, 6) is -0.139. The van der Waals surface area contributed by atoms with Crippen LogP contribution in [0.1, 0.15) is 38.1 Å². The maximum absolute atomic E-state index is 12.0. The molecule has 0 heterocycles. The van der Waals surface area contributed by atoms with Crippen LogP contribution in [0.4, 0.5) is 5.69 Å². The van der Waals surface area contributed by atoms with Crippen LogP contribution in [0, 0.1) is 5.41 Å². The Labute approximate surface area is 114 Å². The number of rotatable bonds is 4. The van der Waals surface area contributed by atoms with Crippen molar-refractivity contribution in [3.8, 4) is 0 Å². The van der Waals surface area contributed by atoms with Gasteiger partial charge in [-0.1, -0.05) is 38.4 Å². The van der Waals surface area contributed by atoms with Crippen LogP contribution in [-0.4, -0.2) is 19.0 Å². The summed E-state index contributed by atoms with van der Waals surface area (Å²) < 4.78 is 0. The Hall–Kier alpha value is -1.22. The van der Waals surface area contributed by atoms with E-state index in [1.807, 2.05) is 19.1 Å². The van der Waals surface area contributed by atoms with Crippen LogP contribution in [0.2, 0.25) is 5.02 Å². The fourth-order valence-corrected chi connectivity index (χ4v) is 1.77. The van der Waals surface area contributed by atoms with E-state index >= 15 is 0 Å². The zero-order chi connectivity index (χ0) is 13.8. The molecule has 0 unspecified atom stereocenters. The Balaban J connectivity index is 2.97. The lowest BCUT2D eigenvalue weighted by atomic mass is 9.96. The van der Waals surface area contributed by atoms with Gasteiger partial charge in [-0.2, -0.15) is 0 Å². The molecule has 0 spiro atoms. The standard InChI is InChI=1S/C14H21ClN2O/c1-5-16-13(18)12-10(15)7-6-8-11(12)17-9-14(2,3)4/h6-8,17H,5,9H2,1-4H3,(H,16,18). The van der Waals surface area contributed by atoms with Gasteiger partial charge in [0.1, 0.15) is 0 Å². The van der Waals surface area contributed by atoms with E-state index < -0.39 is 0 Å². The lowest BCUT2D eigenvalue weighted by Crippen LogP contribution is -2.26. The number of benzene rings is 1. The van der Waals surface area contributed by atoms with Gasteiger partial charge in [-0.15, -0.1) is 0 Å². The summed E-state index contributed by atoms with van der Waals surface area (Å²) in [5.41, 5.74) is 1.44. The molecule has 0 radical (unpaired) electrons. The van der Waals surface area contributed by atoms with Gasteiger partial charge in [0.15, 0.2) is 0 Å². The topological polar surface area (TPSA) is 41.1 Å². The largest absolute Gasteiger partial charge is 0.384 e. The van der Waals surface area contributed by atoms with E-state index in [2.05, 4.69) is 31.4 Å². The first-order valence-corrected chi connectivity index (χ1v) is 6.53. The highest BCUT2D eigenvalue weighted by molar-refractivity contribution is 6.34. The summed E-state index contributed by atoms with van der Waals surface area (Å²) in [6.45, 7) is 9.66. The summed E-state index contributed by atoms with van der Waals surface area (Å²) in [6, 6.07) is 5.45. The van der Waals surface area contributed by atoms with E-state index in [1.54, 1.807) is 6.07 Å². The number of halogens is 1. The summed E-state index contributed by atoms with van der Waals surface area (Å²) in [5, 5.41) is 6.54. The zero-order valence-electron chi connectivity index (χ0n) is 11.4. The fourth-order valence-electron chi connectivity index (χ4n) is 1.51. The van der Waals surface area contributed by atoms with Crippen LogP contribution < -0.4 is 10.6 Å². The number of anilines is 1. The minimum Gasteiger partial charge on any atom is -0.384 e. The molecular weight excluding hydrogens is 248 g/mol. The molecule has 0 fully saturated rings. The number of carbonyl (C=O) groups excluding carboxylic acids is 1. The predicted molar refractivity (Wildman–Crippen MR) is 77.4 cm³/mol. The Kier molecular flexibility index (Phi) is 5.03. The molecule has 18 heavy (non-hydrogen) atoms. The predicted octanol–water partition coefficient (Wildman–Crippen LogP) is 3.55. The van der Waals surface area contributed by atoms with Gasteiger partial charge in [-0.25, -0.2) is 0 Å². The third kappa shape index (κ3) is 4.22. The second-order valence-electron chi connectivity index (χ2n) is 5.44. The van der Waals surface area contributed by atoms with Gasteiger partial charge in [0.25, 0.3) is 5.91 Å². The molecule has 3 nitrogen and oxygen atoms in total. The van der Waals surface area contributed by atoms with Crippen molar-refractivity contribution in [2.24, 2.45) is 5.41 Å². The second-order valence-corrected chi connectivity index (χ2v) is 5.84. The van der Waals surface area contributed by atoms with Crippen LogP contribution >= 0.6 is 11.6 Å². The number of nitrogens with one attached hydrogen (secondary N) is 2. The minimum atomic E-state index is -0.139. The van der Waals surface area contributed by atoms with Gasteiger partial charge >= 0.3 is 0 Å². The lowest BCUT2D eigenvalue weighted by molar-refractivity contribution is 0.0956. The van der Waals surface area contributed by atoms with Gasteiger partial charge in [0, 0.05) is 18.8 Å². The molecule has 0 saturated carbocycles. The van der Waals surface area contributed by atoms with E-state index in [0.29, 0.717) is 17.1 Å². The van der Waals surface area contributed by atoms with Gasteiger partial charge in [0.2, 0.25) is 0 Å². The molecule has 2 N–H and O–H groups in total. The van der Waals surface area contributed by atoms with Crippen molar-refractivity contribution >= 4 is 23.2 Å². The van der Waals surface area contributed by atoms with Crippen molar-refractivity contribution in [2.45, 2.75) is 27.7 Å². The molecule has 4 heteroatoms. The highest BCUT2D eigenvalue weighted by Gasteiger charge is 2.16. The molecule has 1 aromatic rings. The first-order chi connectivity index (χ1) is 8.35. The Morgan fingerprint density at radius 1 is 1.33 bits per heavy atom. The maximum Gasteiger partial charge on any atom is 0.254 e. The second kappa shape index (κ2) is 6.10. The van der Waals surface area contributed by atoms with E-state index in [4.69, 9.17) is 11.6 Å². The molecule has 0 aliphatic heterocycles. The average molecular weight is 269 g/mol. The molecule has 0 aromatic heterocycles. The normalized spacial score (nSPS) is 11.2. The average Bonchev–Trinajstić information content (AvgIpc) is 2.25. The highest BCUT2D eigenvalue weighted by atomic mass is 35.5. The van der Waals surface area contributed by atoms with Crippen molar-refractivity contribution in [1.82, 2.24) is 5.32 Å². The number of hydrogen-bond donors (Lipinski definition) is 2. The third-order valence-corrected chi connectivity index (χ3v) is 2.70. The van der Waals surface area contributed by atoms with Crippen molar-refractivity contribution in [2.75, 3.05) is 18.4 Å². The first-order valence-electron chi connectivity index (χ1n) is 6.15. The smallest absolute Gasteiger partial charge is 0.254 e. The minimum absolute atomic E-state index is 0.139. The van der Waals surface area contributed by atoms with E-state index in [9.17, 15) is 4.79 Å². The van der Waals surface area contributed by atoms with Gasteiger partial charge in [0.05, 0.1) is 10.6 Å². The molecule has 0 bridgehead atoms. The van der Waals surface area contributed by atoms with E-state index in [1.165, 1.54) is 0 Å². The molecule has 0 atom stereocenters. The first kappa shape index (κ1) is 14.8. The molecule has 1 rings (SSSR count). The molecule has 0 saturated heterocycles. The summed E-state index contributed by atoms with van der Waals surface area (Å²) in [6.07, 6.45) is 0. The van der Waals surface area contributed by atoms with E-state index in [0.717, 1.165) is 12.2 Å². The third-order valence-electron chi connectivity index (χ3n) is 2.39. The van der Waals surface area contributed by atoms with Crippen molar-refractivity contribution in [3.63, 3.8) is 0 Å².